The molecule has 0 saturated carbocycles. The molecule has 1 rings (SSSR count). The number of carbonyl (C=O) groups is 1. The lowest BCUT2D eigenvalue weighted by molar-refractivity contribution is -0.131. The minimum atomic E-state index is -0.321. The van der Waals surface area contributed by atoms with Gasteiger partial charge in [-0.3, -0.25) is 4.79 Å². The van der Waals surface area contributed by atoms with Gasteiger partial charge in [0.05, 0.1) is 5.69 Å². The monoisotopic (exact) mass is 431 g/mol. The Kier molecular flexibility index (Phi) is 6.30. The number of nitrogen functional groups attached to an aromatic ring is 1. The Morgan fingerprint density at radius 1 is 1.09 bits per heavy atom. The van der Waals surface area contributed by atoms with Crippen LogP contribution in [0.5, 0.6) is 0 Å². The summed E-state index contributed by atoms with van der Waals surface area (Å²) in [5, 5.41) is 0. The zero-order valence-corrected chi connectivity index (χ0v) is 17.6. The van der Waals surface area contributed by atoms with E-state index in [0.29, 0.717) is 11.5 Å². The first-order valence-electron chi connectivity index (χ1n) is 7.59. The molecule has 0 saturated heterocycles. The molecule has 1 unspecified atom stereocenters. The highest BCUT2D eigenvalue weighted by atomic mass is 79.9. The maximum Gasteiger partial charge on any atom is 0.141 e. The van der Waals surface area contributed by atoms with Gasteiger partial charge in [-0.2, -0.15) is 0 Å². The van der Waals surface area contributed by atoms with Gasteiger partial charge in [0, 0.05) is 20.3 Å². The molecule has 0 radical (unpaired) electrons. The summed E-state index contributed by atoms with van der Waals surface area (Å²) in [6.45, 7) is 12.6. The lowest BCUT2D eigenvalue weighted by Crippen LogP contribution is -2.32. The molecule has 22 heavy (non-hydrogen) atoms. The van der Waals surface area contributed by atoms with Crippen molar-refractivity contribution in [1.29, 1.82) is 0 Å². The first-order valence-corrected chi connectivity index (χ1v) is 9.17. The molecule has 0 spiro atoms. The number of anilines is 1. The van der Waals surface area contributed by atoms with E-state index >= 15 is 0 Å². The molecule has 1 aromatic carbocycles. The molecule has 4 heteroatoms. The molecule has 2 nitrogen and oxygen atoms in total. The summed E-state index contributed by atoms with van der Waals surface area (Å²) in [5.41, 5.74) is 7.57. The zero-order valence-electron chi connectivity index (χ0n) is 14.4. The quantitative estimate of drug-likeness (QED) is 0.592. The van der Waals surface area contributed by atoms with Crippen molar-refractivity contribution in [1.82, 2.24) is 0 Å². The molecular weight excluding hydrogens is 406 g/mol. The standard InChI is InChI=1S/C18H27Br2NO/c1-17(2,3)10-12(16(22)18(4,5)6)7-11-8-13(19)15(21)14(20)9-11/h8-9,12H,7,10,21H2,1-6H3. The SMILES string of the molecule is CC(C)(C)CC(Cc1cc(Br)c(N)c(Br)c1)C(=O)C(C)(C)C. The first kappa shape index (κ1) is 19.7. The van der Waals surface area contributed by atoms with Gasteiger partial charge in [-0.1, -0.05) is 41.5 Å². The summed E-state index contributed by atoms with van der Waals surface area (Å²) in [6.07, 6.45) is 1.62. The number of rotatable bonds is 4. The molecule has 0 amide bonds. The van der Waals surface area contributed by atoms with Gasteiger partial charge in [0.15, 0.2) is 0 Å². The number of ketones is 1. The van der Waals surface area contributed by atoms with Crippen LogP contribution in [0.15, 0.2) is 21.1 Å². The predicted octanol–water partition coefficient (Wildman–Crippen LogP) is 6.00. The maximum absolute atomic E-state index is 12.8. The van der Waals surface area contributed by atoms with Gasteiger partial charge in [-0.15, -0.1) is 0 Å². The van der Waals surface area contributed by atoms with Crippen molar-refractivity contribution >= 4 is 43.3 Å². The van der Waals surface area contributed by atoms with Crippen molar-refractivity contribution in [2.45, 2.75) is 54.4 Å². The first-order chi connectivity index (χ1) is 9.81. The molecule has 0 heterocycles. The Bertz CT molecular complexity index is 530. The normalized spacial score (nSPS) is 14.0. The molecule has 0 fully saturated rings. The van der Waals surface area contributed by atoms with Crippen LogP contribution in [-0.2, 0) is 11.2 Å². The zero-order chi connectivity index (χ0) is 17.3. The predicted molar refractivity (Wildman–Crippen MR) is 102 cm³/mol. The molecule has 1 atom stereocenters. The van der Waals surface area contributed by atoms with Crippen molar-refractivity contribution in [2.75, 3.05) is 5.73 Å². The Balaban J connectivity index is 3.11. The molecule has 124 valence electrons. The second kappa shape index (κ2) is 7.04. The van der Waals surface area contributed by atoms with Crippen LogP contribution in [0.4, 0.5) is 5.69 Å². The molecule has 0 aromatic heterocycles. The van der Waals surface area contributed by atoms with E-state index in [2.05, 4.69) is 52.6 Å². The van der Waals surface area contributed by atoms with E-state index in [-0.39, 0.29) is 16.7 Å². The van der Waals surface area contributed by atoms with Gasteiger partial charge in [0.2, 0.25) is 0 Å². The Morgan fingerprint density at radius 3 is 1.91 bits per heavy atom. The van der Waals surface area contributed by atoms with Crippen LogP contribution >= 0.6 is 31.9 Å². The summed E-state index contributed by atoms with van der Waals surface area (Å²) in [6, 6.07) is 4.04. The van der Waals surface area contributed by atoms with E-state index in [9.17, 15) is 4.79 Å². The minimum Gasteiger partial charge on any atom is -0.397 e. The highest BCUT2D eigenvalue weighted by Crippen LogP contribution is 2.35. The van der Waals surface area contributed by atoms with Crippen molar-refractivity contribution in [3.63, 3.8) is 0 Å². The minimum absolute atomic E-state index is 0.0161. The summed E-state index contributed by atoms with van der Waals surface area (Å²) in [4.78, 5) is 12.8. The van der Waals surface area contributed by atoms with E-state index in [1.54, 1.807) is 0 Å². The number of nitrogens with two attached hydrogens (primary N) is 1. The third kappa shape index (κ3) is 5.69. The topological polar surface area (TPSA) is 43.1 Å². The third-order valence-electron chi connectivity index (χ3n) is 3.59. The smallest absolute Gasteiger partial charge is 0.141 e. The number of hydrogen-bond donors (Lipinski definition) is 1. The van der Waals surface area contributed by atoms with Gasteiger partial charge in [0.1, 0.15) is 5.78 Å². The van der Waals surface area contributed by atoms with Crippen LogP contribution in [0.25, 0.3) is 0 Å². The summed E-state index contributed by atoms with van der Waals surface area (Å²) in [5.74, 6) is 0.342. The molecule has 0 aliphatic rings. The van der Waals surface area contributed by atoms with Gasteiger partial charge < -0.3 is 5.73 Å². The average Bonchev–Trinajstić information content (AvgIpc) is 2.31. The summed E-state index contributed by atoms with van der Waals surface area (Å²) >= 11 is 6.97. The molecule has 0 aliphatic heterocycles. The summed E-state index contributed by atoms with van der Waals surface area (Å²) in [7, 11) is 0. The number of carbonyl (C=O) groups excluding carboxylic acids is 1. The Labute approximate surface area is 151 Å². The van der Waals surface area contributed by atoms with Crippen LogP contribution in [0.1, 0.15) is 53.5 Å². The highest BCUT2D eigenvalue weighted by Gasteiger charge is 2.32. The molecule has 1 aromatic rings. The number of halogens is 2. The van der Waals surface area contributed by atoms with Gasteiger partial charge in [-0.05, 0) is 67.8 Å². The fourth-order valence-corrected chi connectivity index (χ4v) is 3.93. The van der Waals surface area contributed by atoms with Crippen LogP contribution in [-0.4, -0.2) is 5.78 Å². The molecule has 2 N–H and O–H groups in total. The fourth-order valence-electron chi connectivity index (χ4n) is 2.65. The molecular formula is C18H27Br2NO. The van der Waals surface area contributed by atoms with Crippen molar-refractivity contribution in [2.24, 2.45) is 16.7 Å². The van der Waals surface area contributed by atoms with Gasteiger partial charge >= 0.3 is 0 Å². The van der Waals surface area contributed by atoms with E-state index in [4.69, 9.17) is 5.73 Å². The highest BCUT2D eigenvalue weighted by molar-refractivity contribution is 9.11. The van der Waals surface area contributed by atoms with Crippen molar-refractivity contribution in [3.05, 3.63) is 26.6 Å². The lowest BCUT2D eigenvalue weighted by Gasteiger charge is -2.30. The van der Waals surface area contributed by atoms with E-state index in [1.165, 1.54) is 0 Å². The van der Waals surface area contributed by atoms with Crippen LogP contribution < -0.4 is 5.73 Å². The van der Waals surface area contributed by atoms with E-state index in [0.717, 1.165) is 27.4 Å². The Hall–Kier alpha value is -0.350. The molecule has 0 bridgehead atoms. The fraction of sp³-hybridized carbons (Fsp3) is 0.611. The second-order valence-corrected chi connectivity index (χ2v) is 9.96. The number of benzene rings is 1. The van der Waals surface area contributed by atoms with Gasteiger partial charge in [0.25, 0.3) is 0 Å². The van der Waals surface area contributed by atoms with Gasteiger partial charge in [-0.25, -0.2) is 0 Å². The van der Waals surface area contributed by atoms with Crippen molar-refractivity contribution < 1.29 is 4.79 Å². The Morgan fingerprint density at radius 2 is 1.55 bits per heavy atom. The second-order valence-electron chi connectivity index (χ2n) is 8.25. The van der Waals surface area contributed by atoms with Crippen LogP contribution in [0.3, 0.4) is 0 Å². The summed E-state index contributed by atoms with van der Waals surface area (Å²) < 4.78 is 1.74. The maximum atomic E-state index is 12.8. The molecule has 0 aliphatic carbocycles. The number of hydrogen-bond acceptors (Lipinski definition) is 2. The average molecular weight is 433 g/mol. The number of Topliss-reactive ketones (excluding diaryl/α,β-unsaturated/α-hetero) is 1. The largest absolute Gasteiger partial charge is 0.397 e. The third-order valence-corrected chi connectivity index (χ3v) is 4.90. The lowest BCUT2D eigenvalue weighted by atomic mass is 9.73. The van der Waals surface area contributed by atoms with E-state index in [1.807, 2.05) is 32.9 Å². The van der Waals surface area contributed by atoms with Crippen molar-refractivity contribution in [3.8, 4) is 0 Å². The van der Waals surface area contributed by atoms with Crippen LogP contribution in [0, 0.1) is 16.7 Å². The van der Waals surface area contributed by atoms with E-state index < -0.39 is 0 Å². The van der Waals surface area contributed by atoms with Crippen LogP contribution in [0.2, 0.25) is 0 Å².